The number of aromatic nitrogens is 2. The number of carbonyl (C=O) groups is 1. The molecule has 0 atom stereocenters. The summed E-state index contributed by atoms with van der Waals surface area (Å²) in [4.78, 5) is 18.4. The number of nitrogens with two attached hydrogens (primary N) is 1. The van der Waals surface area contributed by atoms with Gasteiger partial charge in [0.25, 0.3) is 0 Å². The second kappa shape index (κ2) is 7.60. The Morgan fingerprint density at radius 1 is 1.16 bits per heavy atom. The maximum Gasteiger partial charge on any atom is 0.433 e. The van der Waals surface area contributed by atoms with Crippen molar-refractivity contribution in [2.75, 3.05) is 20.0 Å². The molecule has 0 fully saturated rings. The Morgan fingerprint density at radius 2 is 1.84 bits per heavy atom. The van der Waals surface area contributed by atoms with Crippen molar-refractivity contribution in [3.8, 4) is 22.8 Å². The molecule has 6 nitrogen and oxygen atoms in total. The minimum absolute atomic E-state index is 0.0373. The van der Waals surface area contributed by atoms with Crippen molar-refractivity contribution >= 4 is 17.7 Å². The molecule has 2 aromatic rings. The summed E-state index contributed by atoms with van der Waals surface area (Å²) in [5, 5.41) is -0.196. The summed E-state index contributed by atoms with van der Waals surface area (Å²) < 4.78 is 49.5. The Morgan fingerprint density at radius 3 is 2.40 bits per heavy atom. The molecule has 0 radical (unpaired) electrons. The van der Waals surface area contributed by atoms with Crippen LogP contribution < -0.4 is 15.2 Å². The fourth-order valence-electron chi connectivity index (χ4n) is 1.91. The number of rotatable bonds is 6. The first kappa shape index (κ1) is 18.8. The fourth-order valence-corrected chi connectivity index (χ4v) is 2.51. The lowest BCUT2D eigenvalue weighted by atomic mass is 10.1. The third-order valence-electron chi connectivity index (χ3n) is 3.02. The summed E-state index contributed by atoms with van der Waals surface area (Å²) in [5.74, 6) is -0.135. The highest BCUT2D eigenvalue weighted by molar-refractivity contribution is 7.99. The molecule has 0 aliphatic heterocycles. The molecule has 1 heterocycles. The van der Waals surface area contributed by atoms with Crippen LogP contribution in [0.5, 0.6) is 11.5 Å². The Bertz CT molecular complexity index is 784. The van der Waals surface area contributed by atoms with Crippen LogP contribution in [0.1, 0.15) is 5.69 Å². The predicted molar refractivity (Wildman–Crippen MR) is 85.5 cm³/mol. The molecule has 0 unspecified atom stereocenters. The average molecular weight is 373 g/mol. The molecule has 0 saturated heterocycles. The van der Waals surface area contributed by atoms with E-state index in [1.165, 1.54) is 20.3 Å². The van der Waals surface area contributed by atoms with Gasteiger partial charge in [0.05, 0.1) is 25.7 Å². The molecule has 1 aromatic heterocycles. The number of alkyl halides is 3. The van der Waals surface area contributed by atoms with Gasteiger partial charge in [-0.3, -0.25) is 4.79 Å². The fraction of sp³-hybridized carbons (Fsp3) is 0.267. The second-order valence-electron chi connectivity index (χ2n) is 4.74. The molecular weight excluding hydrogens is 359 g/mol. The SMILES string of the molecule is COc1ccc(-c2cc(C(F)(F)F)nc(SCC(N)=O)n2)cc1OC. The Balaban J connectivity index is 2.52. The molecule has 25 heavy (non-hydrogen) atoms. The molecule has 0 bridgehead atoms. The maximum atomic E-state index is 13.1. The zero-order valence-electron chi connectivity index (χ0n) is 13.3. The average Bonchev–Trinajstić information content (AvgIpc) is 2.58. The molecule has 0 aliphatic carbocycles. The minimum Gasteiger partial charge on any atom is -0.493 e. The summed E-state index contributed by atoms with van der Waals surface area (Å²) in [6, 6.07) is 5.44. The van der Waals surface area contributed by atoms with Crippen molar-refractivity contribution < 1.29 is 27.4 Å². The standard InChI is InChI=1S/C15H14F3N3O3S/c1-23-10-4-3-8(5-11(10)24-2)9-6-12(15(16,17)18)21-14(20-9)25-7-13(19)22/h3-6H,7H2,1-2H3,(H2,19,22). The van der Waals surface area contributed by atoms with E-state index >= 15 is 0 Å². The molecule has 0 spiro atoms. The van der Waals surface area contributed by atoms with E-state index in [9.17, 15) is 18.0 Å². The van der Waals surface area contributed by atoms with E-state index < -0.39 is 17.8 Å². The van der Waals surface area contributed by atoms with Crippen LogP contribution in [0.15, 0.2) is 29.4 Å². The van der Waals surface area contributed by atoms with Crippen molar-refractivity contribution in [1.29, 1.82) is 0 Å². The number of nitrogens with zero attached hydrogens (tertiary/aromatic N) is 2. The van der Waals surface area contributed by atoms with Crippen LogP contribution in [0.2, 0.25) is 0 Å². The number of methoxy groups -OCH3 is 2. The molecule has 0 saturated carbocycles. The first-order valence-corrected chi connectivity index (χ1v) is 7.83. The largest absolute Gasteiger partial charge is 0.493 e. The summed E-state index contributed by atoms with van der Waals surface area (Å²) >= 11 is 0.733. The van der Waals surface area contributed by atoms with Crippen LogP contribution in [0.3, 0.4) is 0 Å². The van der Waals surface area contributed by atoms with E-state index in [-0.39, 0.29) is 16.6 Å². The highest BCUT2D eigenvalue weighted by atomic mass is 32.2. The summed E-state index contributed by atoms with van der Waals surface area (Å²) in [6.07, 6.45) is -4.66. The first-order chi connectivity index (χ1) is 11.7. The molecular formula is C15H14F3N3O3S. The van der Waals surface area contributed by atoms with Crippen LogP contribution in [-0.4, -0.2) is 35.8 Å². The van der Waals surface area contributed by atoms with Gasteiger partial charge < -0.3 is 15.2 Å². The topological polar surface area (TPSA) is 87.3 Å². The third kappa shape index (κ3) is 4.75. The molecule has 1 aromatic carbocycles. The normalized spacial score (nSPS) is 11.2. The molecule has 2 rings (SSSR count). The predicted octanol–water partition coefficient (Wildman–Crippen LogP) is 2.76. The summed E-state index contributed by atoms with van der Waals surface area (Å²) in [6.45, 7) is 0. The monoisotopic (exact) mass is 373 g/mol. The Labute approximate surface area is 145 Å². The summed E-state index contributed by atoms with van der Waals surface area (Å²) in [5.41, 5.74) is 4.32. The van der Waals surface area contributed by atoms with Gasteiger partial charge in [-0.1, -0.05) is 11.8 Å². The number of hydrogen-bond acceptors (Lipinski definition) is 6. The van der Waals surface area contributed by atoms with Gasteiger partial charge in [0.2, 0.25) is 5.91 Å². The number of primary amides is 1. The van der Waals surface area contributed by atoms with Crippen LogP contribution >= 0.6 is 11.8 Å². The van der Waals surface area contributed by atoms with Crippen LogP contribution in [0.25, 0.3) is 11.3 Å². The van der Waals surface area contributed by atoms with Gasteiger partial charge in [-0.25, -0.2) is 9.97 Å². The lowest BCUT2D eigenvalue weighted by molar-refractivity contribution is -0.141. The van der Waals surface area contributed by atoms with Gasteiger partial charge in [0, 0.05) is 5.56 Å². The number of halogens is 3. The van der Waals surface area contributed by atoms with Crippen molar-refractivity contribution in [2.45, 2.75) is 11.3 Å². The molecule has 0 aliphatic rings. The van der Waals surface area contributed by atoms with E-state index in [0.29, 0.717) is 17.1 Å². The van der Waals surface area contributed by atoms with Gasteiger partial charge >= 0.3 is 6.18 Å². The minimum atomic E-state index is -4.66. The number of benzene rings is 1. The highest BCUT2D eigenvalue weighted by Gasteiger charge is 2.34. The number of carbonyl (C=O) groups excluding carboxylic acids is 1. The van der Waals surface area contributed by atoms with Gasteiger partial charge in [0.15, 0.2) is 16.7 Å². The van der Waals surface area contributed by atoms with Crippen LogP contribution in [-0.2, 0) is 11.0 Å². The first-order valence-electron chi connectivity index (χ1n) is 6.84. The lowest BCUT2D eigenvalue weighted by Crippen LogP contribution is -2.14. The lowest BCUT2D eigenvalue weighted by Gasteiger charge is -2.12. The van der Waals surface area contributed by atoms with Crippen molar-refractivity contribution in [2.24, 2.45) is 5.73 Å². The quantitative estimate of drug-likeness (QED) is 0.619. The Kier molecular flexibility index (Phi) is 5.73. The summed E-state index contributed by atoms with van der Waals surface area (Å²) in [7, 11) is 2.86. The van der Waals surface area contributed by atoms with E-state index in [2.05, 4.69) is 9.97 Å². The molecule has 134 valence electrons. The van der Waals surface area contributed by atoms with E-state index in [0.717, 1.165) is 17.8 Å². The molecule has 10 heteroatoms. The molecule has 2 N–H and O–H groups in total. The van der Waals surface area contributed by atoms with Gasteiger partial charge in [-0.2, -0.15) is 13.2 Å². The van der Waals surface area contributed by atoms with Crippen molar-refractivity contribution in [3.63, 3.8) is 0 Å². The third-order valence-corrected chi connectivity index (χ3v) is 3.89. The van der Waals surface area contributed by atoms with E-state index in [1.807, 2.05) is 0 Å². The zero-order valence-corrected chi connectivity index (χ0v) is 14.1. The number of amides is 1. The smallest absolute Gasteiger partial charge is 0.433 e. The molecule has 1 amide bonds. The Hall–Kier alpha value is -2.49. The van der Waals surface area contributed by atoms with Crippen LogP contribution in [0, 0.1) is 0 Å². The van der Waals surface area contributed by atoms with E-state index in [1.54, 1.807) is 12.1 Å². The van der Waals surface area contributed by atoms with Crippen LogP contribution in [0.4, 0.5) is 13.2 Å². The van der Waals surface area contributed by atoms with Crippen molar-refractivity contribution in [1.82, 2.24) is 9.97 Å². The van der Waals surface area contributed by atoms with E-state index in [4.69, 9.17) is 15.2 Å². The van der Waals surface area contributed by atoms with Gasteiger partial charge in [-0.15, -0.1) is 0 Å². The number of hydrogen-bond donors (Lipinski definition) is 1. The number of ether oxygens (including phenoxy) is 2. The second-order valence-corrected chi connectivity index (χ2v) is 5.69. The zero-order chi connectivity index (χ0) is 18.6. The van der Waals surface area contributed by atoms with Crippen molar-refractivity contribution in [3.05, 3.63) is 30.0 Å². The highest BCUT2D eigenvalue weighted by Crippen LogP contribution is 2.35. The maximum absolute atomic E-state index is 13.1. The number of thioether (sulfide) groups is 1. The van der Waals surface area contributed by atoms with Gasteiger partial charge in [0.1, 0.15) is 5.69 Å². The van der Waals surface area contributed by atoms with Gasteiger partial charge in [-0.05, 0) is 24.3 Å².